The molecule has 0 spiro atoms. The minimum atomic E-state index is -0.492. The van der Waals surface area contributed by atoms with E-state index in [-0.39, 0.29) is 35.2 Å². The number of hydrogen-bond acceptors (Lipinski definition) is 5. The van der Waals surface area contributed by atoms with Gasteiger partial charge in [-0.1, -0.05) is 36.0 Å². The summed E-state index contributed by atoms with van der Waals surface area (Å²) in [5, 5.41) is 3.32. The Kier molecular flexibility index (Phi) is 6.43. The van der Waals surface area contributed by atoms with Crippen LogP contribution in [0.1, 0.15) is 16.7 Å². The molecule has 0 saturated heterocycles. The molecule has 0 fully saturated rings. The van der Waals surface area contributed by atoms with Gasteiger partial charge in [-0.15, -0.1) is 0 Å². The average Bonchev–Trinajstić information content (AvgIpc) is 3.17. The summed E-state index contributed by atoms with van der Waals surface area (Å²) in [6.45, 7) is 4.10. The molecule has 4 aromatic rings. The summed E-state index contributed by atoms with van der Waals surface area (Å²) in [5.41, 5.74) is 2.96. The lowest BCUT2D eigenvalue weighted by molar-refractivity contribution is -0.113. The number of carbonyl (C=O) groups excluding carboxylic acids is 1. The van der Waals surface area contributed by atoms with Gasteiger partial charge in [0.1, 0.15) is 5.82 Å². The van der Waals surface area contributed by atoms with Crippen LogP contribution in [0.15, 0.2) is 57.2 Å². The van der Waals surface area contributed by atoms with E-state index in [2.05, 4.69) is 10.3 Å². The number of thioether (sulfide) groups is 1. The van der Waals surface area contributed by atoms with Gasteiger partial charge in [0.2, 0.25) is 5.91 Å². The van der Waals surface area contributed by atoms with Crippen molar-refractivity contribution >= 4 is 34.5 Å². The summed E-state index contributed by atoms with van der Waals surface area (Å²) in [6.07, 6.45) is 0. The van der Waals surface area contributed by atoms with E-state index < -0.39 is 11.2 Å². The van der Waals surface area contributed by atoms with Crippen molar-refractivity contribution in [2.75, 3.05) is 11.1 Å². The van der Waals surface area contributed by atoms with Crippen molar-refractivity contribution in [2.45, 2.75) is 25.5 Å². The lowest BCUT2D eigenvalue weighted by atomic mass is 10.1. The van der Waals surface area contributed by atoms with Crippen molar-refractivity contribution in [3.8, 4) is 0 Å². The van der Waals surface area contributed by atoms with Gasteiger partial charge in [-0.05, 0) is 48.7 Å². The predicted molar refractivity (Wildman–Crippen MR) is 131 cm³/mol. The average molecular weight is 482 g/mol. The van der Waals surface area contributed by atoms with Gasteiger partial charge in [0.25, 0.3) is 5.56 Å². The number of aromatic nitrogens is 4. The fourth-order valence-electron chi connectivity index (χ4n) is 3.64. The number of nitrogens with one attached hydrogen (secondary N) is 1. The van der Waals surface area contributed by atoms with Crippen LogP contribution in [-0.2, 0) is 25.4 Å². The van der Waals surface area contributed by atoms with Crippen molar-refractivity contribution in [1.82, 2.24) is 18.7 Å². The molecule has 0 saturated carbocycles. The van der Waals surface area contributed by atoms with E-state index in [4.69, 9.17) is 0 Å². The van der Waals surface area contributed by atoms with Gasteiger partial charge in [0.15, 0.2) is 16.3 Å². The van der Waals surface area contributed by atoms with E-state index >= 15 is 0 Å². The standard InChI is InChI=1S/C24H24FN5O3S/c1-14-5-6-15(2)18(11-14)26-19(31)13-34-23-27-21-20(22(32)29(4)24(33)28(21)3)30(23)12-16-7-9-17(25)10-8-16/h5-11H,12-13H2,1-4H3,(H,26,31). The molecule has 34 heavy (non-hydrogen) atoms. The third-order valence-electron chi connectivity index (χ3n) is 5.57. The number of amides is 1. The normalized spacial score (nSPS) is 11.2. The maximum atomic E-state index is 13.4. The highest BCUT2D eigenvalue weighted by molar-refractivity contribution is 7.99. The second-order valence-corrected chi connectivity index (χ2v) is 9.08. The van der Waals surface area contributed by atoms with E-state index in [0.717, 1.165) is 38.7 Å². The zero-order valence-corrected chi connectivity index (χ0v) is 20.1. The number of nitrogens with zero attached hydrogens (tertiary/aromatic N) is 4. The number of aryl methyl sites for hydroxylation is 3. The van der Waals surface area contributed by atoms with Crippen molar-refractivity contribution in [3.05, 3.63) is 85.8 Å². The number of imidazole rings is 1. The van der Waals surface area contributed by atoms with Crippen LogP contribution in [0.2, 0.25) is 0 Å². The molecule has 10 heteroatoms. The minimum Gasteiger partial charge on any atom is -0.325 e. The molecule has 0 aliphatic carbocycles. The third kappa shape index (κ3) is 4.54. The molecule has 2 aromatic heterocycles. The minimum absolute atomic E-state index is 0.0500. The number of fused-ring (bicyclic) bond motifs is 1. The maximum absolute atomic E-state index is 13.4. The first-order valence-corrected chi connectivity index (χ1v) is 11.5. The topological polar surface area (TPSA) is 90.9 Å². The summed E-state index contributed by atoms with van der Waals surface area (Å²) in [4.78, 5) is 42.6. The predicted octanol–water partition coefficient (Wildman–Crippen LogP) is 2.97. The Balaban J connectivity index is 1.70. The highest BCUT2D eigenvalue weighted by atomic mass is 32.2. The Morgan fingerprint density at radius 2 is 1.76 bits per heavy atom. The van der Waals surface area contributed by atoms with Crippen LogP contribution in [0.3, 0.4) is 0 Å². The van der Waals surface area contributed by atoms with Crippen molar-refractivity contribution in [1.29, 1.82) is 0 Å². The molecule has 1 N–H and O–H groups in total. The Hall–Kier alpha value is -3.66. The third-order valence-corrected chi connectivity index (χ3v) is 6.54. The number of rotatable bonds is 6. The second kappa shape index (κ2) is 9.30. The van der Waals surface area contributed by atoms with Crippen LogP contribution < -0.4 is 16.6 Å². The van der Waals surface area contributed by atoms with Crippen molar-refractivity contribution in [2.24, 2.45) is 14.1 Å². The maximum Gasteiger partial charge on any atom is 0.332 e. The summed E-state index contributed by atoms with van der Waals surface area (Å²) in [6, 6.07) is 11.7. The monoisotopic (exact) mass is 481 g/mol. The Morgan fingerprint density at radius 1 is 1.06 bits per heavy atom. The van der Waals surface area contributed by atoms with E-state index in [0.29, 0.717) is 5.16 Å². The van der Waals surface area contributed by atoms with E-state index in [1.54, 1.807) is 23.7 Å². The molecule has 0 radical (unpaired) electrons. The van der Waals surface area contributed by atoms with Crippen molar-refractivity contribution in [3.63, 3.8) is 0 Å². The number of hydrogen-bond donors (Lipinski definition) is 1. The molecule has 0 aliphatic heterocycles. The summed E-state index contributed by atoms with van der Waals surface area (Å²) in [5.74, 6) is -0.537. The van der Waals surface area contributed by atoms with Crippen LogP contribution in [-0.4, -0.2) is 30.3 Å². The molecular weight excluding hydrogens is 457 g/mol. The molecule has 2 heterocycles. The molecule has 0 bridgehead atoms. The first-order chi connectivity index (χ1) is 16.2. The van der Waals surface area contributed by atoms with Gasteiger partial charge in [-0.3, -0.25) is 18.7 Å². The molecule has 176 valence electrons. The van der Waals surface area contributed by atoms with E-state index in [9.17, 15) is 18.8 Å². The largest absolute Gasteiger partial charge is 0.332 e. The first-order valence-electron chi connectivity index (χ1n) is 10.6. The molecule has 1 amide bonds. The SMILES string of the molecule is Cc1ccc(C)c(NC(=O)CSc2nc3c(c(=O)n(C)c(=O)n3C)n2Cc2ccc(F)cc2)c1. The molecule has 0 unspecified atom stereocenters. The molecule has 0 atom stereocenters. The fourth-order valence-corrected chi connectivity index (χ4v) is 4.44. The number of benzene rings is 2. The smallest absolute Gasteiger partial charge is 0.325 e. The summed E-state index contributed by atoms with van der Waals surface area (Å²) < 4.78 is 17.4. The highest BCUT2D eigenvalue weighted by Gasteiger charge is 2.20. The van der Waals surface area contributed by atoms with Gasteiger partial charge >= 0.3 is 5.69 Å². The fraction of sp³-hybridized carbons (Fsp3) is 0.250. The van der Waals surface area contributed by atoms with Gasteiger partial charge in [0, 0.05) is 19.8 Å². The van der Waals surface area contributed by atoms with Crippen LogP contribution >= 0.6 is 11.8 Å². The summed E-state index contributed by atoms with van der Waals surface area (Å²) in [7, 11) is 2.95. The second-order valence-electron chi connectivity index (χ2n) is 8.14. The van der Waals surface area contributed by atoms with Gasteiger partial charge in [-0.2, -0.15) is 0 Å². The lowest BCUT2D eigenvalue weighted by Crippen LogP contribution is -2.37. The number of carbonyl (C=O) groups is 1. The Morgan fingerprint density at radius 3 is 2.47 bits per heavy atom. The zero-order valence-electron chi connectivity index (χ0n) is 19.3. The molecule has 8 nitrogen and oxygen atoms in total. The van der Waals surface area contributed by atoms with Crippen molar-refractivity contribution < 1.29 is 9.18 Å². The Bertz CT molecular complexity index is 1520. The van der Waals surface area contributed by atoms with E-state index in [1.165, 1.54) is 23.7 Å². The molecule has 4 rings (SSSR count). The zero-order chi connectivity index (χ0) is 24.6. The molecule has 2 aromatic carbocycles. The van der Waals surface area contributed by atoms with Crippen LogP contribution in [0.4, 0.5) is 10.1 Å². The van der Waals surface area contributed by atoms with Crippen LogP contribution in [0.5, 0.6) is 0 Å². The molecule has 0 aliphatic rings. The summed E-state index contributed by atoms with van der Waals surface area (Å²) >= 11 is 1.16. The quantitative estimate of drug-likeness (QED) is 0.428. The van der Waals surface area contributed by atoms with Gasteiger partial charge in [-0.25, -0.2) is 14.2 Å². The Labute approximate surface area is 199 Å². The number of anilines is 1. The van der Waals surface area contributed by atoms with Crippen LogP contribution in [0.25, 0.3) is 11.2 Å². The number of halogens is 1. The lowest BCUT2D eigenvalue weighted by Gasteiger charge is -2.11. The molecular formula is C24H24FN5O3S. The van der Waals surface area contributed by atoms with Crippen LogP contribution in [0, 0.1) is 19.7 Å². The highest BCUT2D eigenvalue weighted by Crippen LogP contribution is 2.24. The van der Waals surface area contributed by atoms with Gasteiger partial charge in [0.05, 0.1) is 12.3 Å². The van der Waals surface area contributed by atoms with Gasteiger partial charge < -0.3 is 9.88 Å². The van der Waals surface area contributed by atoms with E-state index in [1.807, 2.05) is 32.0 Å². The first kappa shape index (κ1) is 23.5.